The number of fused-ring (bicyclic) bond motifs is 8. The number of esters is 2. The third-order valence-corrected chi connectivity index (χ3v) is 10.6. The lowest BCUT2D eigenvalue weighted by molar-refractivity contribution is 0.0722. The molecule has 1 aliphatic carbocycles. The van der Waals surface area contributed by atoms with Crippen molar-refractivity contribution in [1.82, 2.24) is 0 Å². The second-order valence-corrected chi connectivity index (χ2v) is 16.8. The minimum Gasteiger partial charge on any atom is -0.507 e. The molecule has 6 aromatic carbocycles. The molecule has 0 atom stereocenters. The Kier molecular flexibility index (Phi) is 10.3. The number of phenols is 2. The van der Waals surface area contributed by atoms with Crippen molar-refractivity contribution in [3.8, 4) is 23.0 Å². The average Bonchev–Trinajstić information content (AvgIpc) is 3.16. The van der Waals surface area contributed by atoms with Gasteiger partial charge < -0.3 is 19.7 Å². The monoisotopic (exact) mass is 744 g/mol. The minimum absolute atomic E-state index is 0.119. The van der Waals surface area contributed by atoms with Crippen molar-refractivity contribution in [2.24, 2.45) is 0 Å². The molecule has 0 amide bonds. The van der Waals surface area contributed by atoms with Crippen LogP contribution in [-0.4, -0.2) is 22.2 Å². The van der Waals surface area contributed by atoms with Gasteiger partial charge in [0.2, 0.25) is 0 Å². The normalized spacial score (nSPS) is 12.8. The van der Waals surface area contributed by atoms with Gasteiger partial charge in [-0.2, -0.15) is 0 Å². The van der Waals surface area contributed by atoms with Gasteiger partial charge in [0.1, 0.15) is 23.0 Å². The van der Waals surface area contributed by atoms with Crippen LogP contribution in [0.2, 0.25) is 0 Å². The van der Waals surface area contributed by atoms with Gasteiger partial charge in [0.25, 0.3) is 0 Å². The molecule has 0 radical (unpaired) electrons. The van der Waals surface area contributed by atoms with E-state index in [0.29, 0.717) is 44.9 Å². The molecule has 2 N–H and O–H groups in total. The molecule has 1 aliphatic rings. The maximum atomic E-state index is 13.7. The molecule has 0 unspecified atom stereocenters. The topological polar surface area (TPSA) is 93.1 Å². The zero-order valence-corrected chi connectivity index (χ0v) is 32.9. The first-order chi connectivity index (χ1) is 26.7. The van der Waals surface area contributed by atoms with Gasteiger partial charge in [-0.25, -0.2) is 9.59 Å². The number of benzene rings is 6. The highest BCUT2D eigenvalue weighted by Crippen LogP contribution is 2.42. The summed E-state index contributed by atoms with van der Waals surface area (Å²) in [7, 11) is 0. The molecular formula is C50H48O6. The maximum Gasteiger partial charge on any atom is 0.343 e. The van der Waals surface area contributed by atoms with E-state index >= 15 is 0 Å². The van der Waals surface area contributed by atoms with Crippen LogP contribution in [0.15, 0.2) is 121 Å². The summed E-state index contributed by atoms with van der Waals surface area (Å²) in [5, 5.41) is 24.1. The lowest BCUT2D eigenvalue weighted by Gasteiger charge is -2.26. The van der Waals surface area contributed by atoms with E-state index in [1.54, 1.807) is 48.5 Å². The Labute approximate surface area is 329 Å². The predicted molar refractivity (Wildman–Crippen MR) is 221 cm³/mol. The van der Waals surface area contributed by atoms with E-state index in [4.69, 9.17) is 9.47 Å². The Bertz CT molecular complexity index is 2170. The fraction of sp³-hybridized carbons (Fsp3) is 0.240. The number of carbonyl (C=O) groups is 2. The smallest absolute Gasteiger partial charge is 0.343 e. The molecule has 0 aromatic heterocycles. The number of ether oxygens (including phenoxy) is 2. The molecule has 0 aliphatic heterocycles. The van der Waals surface area contributed by atoms with E-state index in [2.05, 4.69) is 65.8 Å². The van der Waals surface area contributed by atoms with Crippen LogP contribution in [0.5, 0.6) is 23.0 Å². The summed E-state index contributed by atoms with van der Waals surface area (Å²) in [5.74, 6) is 0.0647. The summed E-state index contributed by atoms with van der Waals surface area (Å²) >= 11 is 0. The third kappa shape index (κ3) is 8.11. The number of aromatic hydroxyl groups is 2. The van der Waals surface area contributed by atoms with Gasteiger partial charge in [-0.05, 0) is 68.5 Å². The van der Waals surface area contributed by atoms with Crippen LogP contribution in [0, 0.1) is 0 Å². The fourth-order valence-corrected chi connectivity index (χ4v) is 7.29. The van der Waals surface area contributed by atoms with Crippen LogP contribution in [-0.2, 0) is 36.5 Å². The van der Waals surface area contributed by atoms with Crippen LogP contribution in [0.4, 0.5) is 0 Å². The first kappa shape index (κ1) is 38.1. The quantitative estimate of drug-likeness (QED) is 0.138. The molecule has 0 saturated heterocycles. The van der Waals surface area contributed by atoms with Gasteiger partial charge in [-0.1, -0.05) is 139 Å². The molecular weight excluding hydrogens is 697 g/mol. The largest absolute Gasteiger partial charge is 0.507 e. The SMILES string of the molecule is CC(C)(C)c1cc2c(OC(=O)c3ccccc3)c(c1)Cc1cccc(c1O)Cc1cc(C(C)(C)C)cc(c1OC(=O)c1ccccc1)Cc1cccc(c1O)C2. The number of phenolic OH excluding ortho intramolecular Hbond substituents is 2. The highest BCUT2D eigenvalue weighted by Gasteiger charge is 2.27. The van der Waals surface area contributed by atoms with Crippen molar-refractivity contribution >= 4 is 11.9 Å². The molecule has 6 aromatic rings. The molecule has 0 saturated carbocycles. The standard InChI is InChI=1S/C50H48O6/c1-49(2,3)41-27-37-23-33-19-13-21-35(43(33)51)25-39-29-42(50(4,5)6)30-40(46(39)56-48(54)32-17-11-8-12-18-32)26-36-22-14-20-34(44(36)52)24-38(28-41)45(37)55-47(53)31-15-9-7-10-16-31/h7-22,27-30,51-52H,23-26H2,1-6H3. The van der Waals surface area contributed by atoms with Crippen molar-refractivity contribution in [3.63, 3.8) is 0 Å². The lowest BCUT2D eigenvalue weighted by atomic mass is 9.81. The van der Waals surface area contributed by atoms with E-state index in [1.165, 1.54) is 0 Å². The van der Waals surface area contributed by atoms with Crippen LogP contribution < -0.4 is 9.47 Å². The van der Waals surface area contributed by atoms with Crippen molar-refractivity contribution in [2.45, 2.75) is 78.1 Å². The van der Waals surface area contributed by atoms with Gasteiger partial charge >= 0.3 is 11.9 Å². The molecule has 6 nitrogen and oxygen atoms in total. The summed E-state index contributed by atoms with van der Waals surface area (Å²) in [6, 6.07) is 37.4. The summed E-state index contributed by atoms with van der Waals surface area (Å²) in [5.41, 5.74) is 7.95. The van der Waals surface area contributed by atoms with E-state index in [9.17, 15) is 19.8 Å². The highest BCUT2D eigenvalue weighted by atomic mass is 16.5. The van der Waals surface area contributed by atoms with Gasteiger partial charge in [-0.15, -0.1) is 0 Å². The summed E-state index contributed by atoms with van der Waals surface area (Å²) < 4.78 is 12.6. The van der Waals surface area contributed by atoms with Crippen LogP contribution in [0.1, 0.15) is 118 Å². The first-order valence-corrected chi connectivity index (χ1v) is 19.1. The van der Waals surface area contributed by atoms with Crippen molar-refractivity contribution in [3.05, 3.63) is 188 Å². The molecule has 8 bridgehead atoms. The second-order valence-electron chi connectivity index (χ2n) is 16.8. The summed E-state index contributed by atoms with van der Waals surface area (Å²) in [6.07, 6.45) is 1.07. The van der Waals surface area contributed by atoms with Crippen molar-refractivity contribution < 1.29 is 29.3 Å². The number of rotatable bonds is 4. The maximum absolute atomic E-state index is 13.7. The first-order valence-electron chi connectivity index (χ1n) is 19.1. The predicted octanol–water partition coefficient (Wildman–Crippen LogP) is 10.8. The Morgan fingerprint density at radius 1 is 0.429 bits per heavy atom. The number of carbonyl (C=O) groups excluding carboxylic acids is 2. The molecule has 7 rings (SSSR count). The zero-order chi connectivity index (χ0) is 39.8. The number of hydrogen-bond donors (Lipinski definition) is 2. The van der Waals surface area contributed by atoms with Gasteiger partial charge in [-0.3, -0.25) is 0 Å². The molecule has 0 heterocycles. The molecule has 0 spiro atoms. The van der Waals surface area contributed by atoms with Crippen LogP contribution in [0.25, 0.3) is 0 Å². The Hall–Kier alpha value is -6.14. The van der Waals surface area contributed by atoms with E-state index in [-0.39, 0.29) is 48.0 Å². The summed E-state index contributed by atoms with van der Waals surface area (Å²) in [6.45, 7) is 12.8. The van der Waals surface area contributed by atoms with Crippen molar-refractivity contribution in [1.29, 1.82) is 0 Å². The lowest BCUT2D eigenvalue weighted by Crippen LogP contribution is -2.17. The van der Waals surface area contributed by atoms with Gasteiger partial charge in [0.15, 0.2) is 0 Å². The highest BCUT2D eigenvalue weighted by molar-refractivity contribution is 5.92. The Morgan fingerprint density at radius 2 is 0.714 bits per heavy atom. The van der Waals surface area contributed by atoms with Crippen LogP contribution >= 0.6 is 0 Å². The van der Waals surface area contributed by atoms with Crippen LogP contribution in [0.3, 0.4) is 0 Å². The van der Waals surface area contributed by atoms with E-state index in [0.717, 1.165) is 33.4 Å². The molecule has 0 fully saturated rings. The summed E-state index contributed by atoms with van der Waals surface area (Å²) in [4.78, 5) is 27.4. The van der Waals surface area contributed by atoms with Gasteiger partial charge in [0.05, 0.1) is 11.1 Å². The number of para-hydroxylation sites is 2. The minimum atomic E-state index is -0.493. The van der Waals surface area contributed by atoms with Crippen molar-refractivity contribution in [2.75, 3.05) is 0 Å². The van der Waals surface area contributed by atoms with E-state index in [1.807, 2.05) is 48.5 Å². The Balaban J connectivity index is 1.46. The number of hydrogen-bond acceptors (Lipinski definition) is 6. The average molecular weight is 745 g/mol. The van der Waals surface area contributed by atoms with E-state index < -0.39 is 11.9 Å². The molecule has 6 heteroatoms. The molecule has 284 valence electrons. The Morgan fingerprint density at radius 3 is 0.982 bits per heavy atom. The second kappa shape index (κ2) is 15.2. The molecule has 56 heavy (non-hydrogen) atoms. The zero-order valence-electron chi connectivity index (χ0n) is 32.9. The van der Waals surface area contributed by atoms with Gasteiger partial charge in [0, 0.05) is 47.9 Å². The fourth-order valence-electron chi connectivity index (χ4n) is 7.29. The third-order valence-electron chi connectivity index (χ3n) is 10.6.